The minimum absolute atomic E-state index is 0.0154. The number of H-pyrrole nitrogens is 1. The molecule has 0 aliphatic carbocycles. The van der Waals surface area contributed by atoms with E-state index in [9.17, 15) is 23.1 Å². The Kier molecular flexibility index (Phi) is 6.62. The van der Waals surface area contributed by atoms with E-state index in [4.69, 9.17) is 9.47 Å². The molecule has 36 heavy (non-hydrogen) atoms. The number of carbonyl (C=O) groups excluding carboxylic acids is 1. The molecule has 1 aliphatic heterocycles. The van der Waals surface area contributed by atoms with Crippen LogP contribution in [0.2, 0.25) is 0 Å². The van der Waals surface area contributed by atoms with Crippen LogP contribution >= 0.6 is 0 Å². The van der Waals surface area contributed by atoms with E-state index in [1.54, 1.807) is 6.07 Å². The minimum atomic E-state index is -0.877. The number of carbonyl (C=O) groups is 1. The van der Waals surface area contributed by atoms with Crippen molar-refractivity contribution < 1.29 is 32.5 Å². The molecule has 186 valence electrons. The summed E-state index contributed by atoms with van der Waals surface area (Å²) in [6, 6.07) is 9.01. The van der Waals surface area contributed by atoms with E-state index in [2.05, 4.69) is 15.3 Å². The number of pyridine rings is 1. The first-order valence-corrected chi connectivity index (χ1v) is 11.4. The maximum atomic E-state index is 15.0. The molecule has 1 saturated heterocycles. The van der Waals surface area contributed by atoms with E-state index < -0.39 is 23.2 Å². The van der Waals surface area contributed by atoms with Gasteiger partial charge in [-0.05, 0) is 37.1 Å². The highest BCUT2D eigenvalue weighted by Gasteiger charge is 2.26. The molecular formula is C26H22F3N3O4. The quantitative estimate of drug-likeness (QED) is 0.313. The second kappa shape index (κ2) is 10.00. The van der Waals surface area contributed by atoms with Crippen LogP contribution in [0.25, 0.3) is 11.0 Å². The van der Waals surface area contributed by atoms with Crippen LogP contribution in [0.15, 0.2) is 54.9 Å². The van der Waals surface area contributed by atoms with Crippen molar-refractivity contribution in [1.29, 1.82) is 0 Å². The van der Waals surface area contributed by atoms with E-state index in [1.165, 1.54) is 36.5 Å². The summed E-state index contributed by atoms with van der Waals surface area (Å²) in [4.78, 5) is 20.2. The van der Waals surface area contributed by atoms with Gasteiger partial charge in [-0.1, -0.05) is 12.1 Å². The summed E-state index contributed by atoms with van der Waals surface area (Å²) in [6.45, 7) is 0.160. The Balaban J connectivity index is 1.44. The van der Waals surface area contributed by atoms with Gasteiger partial charge < -0.3 is 24.9 Å². The number of aliphatic hydroxyl groups excluding tert-OH is 1. The molecule has 5 rings (SSSR count). The van der Waals surface area contributed by atoms with Crippen LogP contribution in [0.1, 0.15) is 28.8 Å². The van der Waals surface area contributed by atoms with Crippen molar-refractivity contribution in [2.75, 3.05) is 18.5 Å². The summed E-state index contributed by atoms with van der Waals surface area (Å²) in [5.74, 6) is -2.91. The third kappa shape index (κ3) is 4.65. The number of halogens is 3. The fourth-order valence-corrected chi connectivity index (χ4v) is 4.20. The monoisotopic (exact) mass is 497 g/mol. The molecule has 2 atom stereocenters. The van der Waals surface area contributed by atoms with E-state index >= 15 is 0 Å². The number of benzene rings is 2. The molecule has 1 fully saturated rings. The van der Waals surface area contributed by atoms with Crippen LogP contribution in [-0.4, -0.2) is 46.2 Å². The zero-order valence-electron chi connectivity index (χ0n) is 18.9. The Morgan fingerprint density at radius 2 is 1.94 bits per heavy atom. The highest BCUT2D eigenvalue weighted by atomic mass is 19.1. The normalized spacial score (nSPS) is 17.8. The maximum Gasteiger partial charge on any atom is 0.198 e. The van der Waals surface area contributed by atoms with Gasteiger partial charge in [0.15, 0.2) is 23.2 Å². The molecule has 2 aromatic heterocycles. The van der Waals surface area contributed by atoms with Crippen LogP contribution in [0.3, 0.4) is 0 Å². The van der Waals surface area contributed by atoms with Crippen molar-refractivity contribution in [2.24, 2.45) is 0 Å². The van der Waals surface area contributed by atoms with Crippen LogP contribution in [-0.2, 0) is 4.74 Å². The van der Waals surface area contributed by atoms with Crippen LogP contribution in [0.5, 0.6) is 11.5 Å². The number of rotatable bonds is 7. The van der Waals surface area contributed by atoms with Gasteiger partial charge in [0.1, 0.15) is 17.2 Å². The lowest BCUT2D eigenvalue weighted by Crippen LogP contribution is -2.36. The number of nitrogens with one attached hydrogen (secondary N) is 2. The summed E-state index contributed by atoms with van der Waals surface area (Å²) >= 11 is 0. The highest BCUT2D eigenvalue weighted by Crippen LogP contribution is 2.33. The molecule has 10 heteroatoms. The Morgan fingerprint density at radius 3 is 2.67 bits per heavy atom. The predicted octanol–water partition coefficient (Wildman–Crippen LogP) is 4.96. The van der Waals surface area contributed by atoms with Crippen molar-refractivity contribution in [3.8, 4) is 11.5 Å². The predicted molar refractivity (Wildman–Crippen MR) is 126 cm³/mol. The minimum Gasteiger partial charge on any atom is -0.454 e. The standard InChI is InChI=1S/C26H22F3N3O4/c27-19-3-1-2-4-22(19)36-15-7-8-17(20(28)9-15)25(34)18-10-30-26-23(18)24(21(29)11-31-26)32-14-5-6-16(12-33)35-13-14/h1-4,7-11,14,16,33H,5-6,12-13H2,(H2,30,31,32)/t14-,16+/m1/s1. The van der Waals surface area contributed by atoms with Gasteiger partial charge in [-0.3, -0.25) is 4.79 Å². The lowest BCUT2D eigenvalue weighted by atomic mass is 10.0. The summed E-state index contributed by atoms with van der Waals surface area (Å²) in [5.41, 5.74) is 0.0811. The Morgan fingerprint density at radius 1 is 1.11 bits per heavy atom. The number of para-hydroxylation sites is 1. The van der Waals surface area contributed by atoms with Crippen LogP contribution < -0.4 is 10.1 Å². The molecule has 4 aromatic rings. The fourth-order valence-electron chi connectivity index (χ4n) is 4.20. The number of aliphatic hydroxyl groups is 1. The number of ether oxygens (including phenoxy) is 2. The molecule has 7 nitrogen and oxygen atoms in total. The first-order chi connectivity index (χ1) is 17.4. The largest absolute Gasteiger partial charge is 0.454 e. The highest BCUT2D eigenvalue weighted by molar-refractivity contribution is 6.18. The average Bonchev–Trinajstić information content (AvgIpc) is 3.32. The van der Waals surface area contributed by atoms with Gasteiger partial charge in [-0.15, -0.1) is 0 Å². The van der Waals surface area contributed by atoms with Gasteiger partial charge >= 0.3 is 0 Å². The third-order valence-corrected chi connectivity index (χ3v) is 6.07. The second-order valence-electron chi connectivity index (χ2n) is 8.47. The molecule has 3 N–H and O–H groups in total. The smallest absolute Gasteiger partial charge is 0.198 e. The molecule has 1 aliphatic rings. The van der Waals surface area contributed by atoms with Crippen molar-refractivity contribution in [1.82, 2.24) is 9.97 Å². The number of aromatic amines is 1. The molecule has 0 amide bonds. The number of anilines is 1. The Labute approximate surface area is 203 Å². The summed E-state index contributed by atoms with van der Waals surface area (Å²) in [6.07, 6.45) is 3.34. The number of nitrogens with zero attached hydrogens (tertiary/aromatic N) is 1. The SMILES string of the molecule is O=C(c1ccc(Oc2ccccc2F)cc1F)c1c[nH]c2ncc(F)c(N[C@@H]3CC[C@@H](CO)OC3)c12. The first-order valence-electron chi connectivity index (χ1n) is 11.4. The molecule has 3 heterocycles. The molecule has 2 aromatic carbocycles. The molecule has 0 unspecified atom stereocenters. The van der Waals surface area contributed by atoms with E-state index in [1.807, 2.05) is 0 Å². The number of fused-ring (bicyclic) bond motifs is 1. The van der Waals surface area contributed by atoms with Crippen molar-refractivity contribution in [2.45, 2.75) is 25.0 Å². The van der Waals surface area contributed by atoms with Gasteiger partial charge in [0.25, 0.3) is 0 Å². The number of hydrogen-bond acceptors (Lipinski definition) is 6. The topological polar surface area (TPSA) is 96.5 Å². The first kappa shape index (κ1) is 23.8. The van der Waals surface area contributed by atoms with Crippen LogP contribution in [0, 0.1) is 17.5 Å². The van der Waals surface area contributed by atoms with Crippen molar-refractivity contribution in [3.63, 3.8) is 0 Å². The van der Waals surface area contributed by atoms with Crippen molar-refractivity contribution in [3.05, 3.63) is 83.4 Å². The van der Waals surface area contributed by atoms with E-state index in [0.29, 0.717) is 12.8 Å². The van der Waals surface area contributed by atoms with Gasteiger partial charge in [0.2, 0.25) is 0 Å². The zero-order chi connectivity index (χ0) is 25.2. The lowest BCUT2D eigenvalue weighted by molar-refractivity contribution is -0.0223. The Bertz CT molecular complexity index is 1420. The van der Waals surface area contributed by atoms with Gasteiger partial charge in [0.05, 0.1) is 47.7 Å². The summed E-state index contributed by atoms with van der Waals surface area (Å²) < 4.78 is 54.6. The molecule has 0 spiro atoms. The summed E-state index contributed by atoms with van der Waals surface area (Å²) in [5, 5.41) is 12.5. The molecule has 0 radical (unpaired) electrons. The van der Waals surface area contributed by atoms with E-state index in [-0.39, 0.29) is 64.7 Å². The summed E-state index contributed by atoms with van der Waals surface area (Å²) in [7, 11) is 0. The van der Waals surface area contributed by atoms with Gasteiger partial charge in [-0.2, -0.15) is 0 Å². The molecule has 0 saturated carbocycles. The number of hydrogen-bond donors (Lipinski definition) is 3. The third-order valence-electron chi connectivity index (χ3n) is 6.07. The number of ketones is 1. The van der Waals surface area contributed by atoms with E-state index in [0.717, 1.165) is 12.3 Å². The van der Waals surface area contributed by atoms with Gasteiger partial charge in [-0.25, -0.2) is 18.2 Å². The van der Waals surface area contributed by atoms with Crippen molar-refractivity contribution >= 4 is 22.5 Å². The number of aromatic nitrogens is 2. The fraction of sp³-hybridized carbons (Fsp3) is 0.231. The van der Waals surface area contributed by atoms with Crippen LogP contribution in [0.4, 0.5) is 18.9 Å². The zero-order valence-corrected chi connectivity index (χ0v) is 18.9. The average molecular weight is 497 g/mol. The van der Waals surface area contributed by atoms with Gasteiger partial charge in [0, 0.05) is 18.3 Å². The lowest BCUT2D eigenvalue weighted by Gasteiger charge is -2.29. The molecule has 0 bridgehead atoms. The second-order valence-corrected chi connectivity index (χ2v) is 8.47. The maximum absolute atomic E-state index is 15.0. The molecular weight excluding hydrogens is 475 g/mol. The Hall–Kier alpha value is -3.89.